The molecule has 0 bridgehead atoms. The van der Waals surface area contributed by atoms with E-state index in [9.17, 15) is 9.59 Å². The Morgan fingerprint density at radius 1 is 1.00 bits per heavy atom. The first-order chi connectivity index (χ1) is 14.2. The van der Waals surface area contributed by atoms with Crippen LogP contribution in [0.25, 0.3) is 11.0 Å². The van der Waals surface area contributed by atoms with E-state index in [-0.39, 0.29) is 23.3 Å². The molecular formula is C23H31N5O2. The van der Waals surface area contributed by atoms with Gasteiger partial charge in [0.2, 0.25) is 5.91 Å². The van der Waals surface area contributed by atoms with Crippen LogP contribution >= 0.6 is 0 Å². The monoisotopic (exact) mass is 409 g/mol. The average molecular weight is 410 g/mol. The third kappa shape index (κ3) is 3.38. The third-order valence-electron chi connectivity index (χ3n) is 6.50. The summed E-state index contributed by atoms with van der Waals surface area (Å²) in [6, 6.07) is 2.01. The molecule has 2 aromatic rings. The Hall–Kier alpha value is -2.44. The van der Waals surface area contributed by atoms with Gasteiger partial charge in [-0.1, -0.05) is 0 Å². The van der Waals surface area contributed by atoms with Crippen LogP contribution in [0.5, 0.6) is 0 Å². The second kappa shape index (κ2) is 6.79. The topological polar surface area (TPSA) is 71.3 Å². The van der Waals surface area contributed by atoms with Crippen molar-refractivity contribution < 1.29 is 9.59 Å². The number of carbonyl (C=O) groups excluding carboxylic acids is 2. The number of nitrogens with zero attached hydrogens (tertiary/aromatic N) is 5. The lowest BCUT2D eigenvalue weighted by Gasteiger charge is -2.35. The van der Waals surface area contributed by atoms with Gasteiger partial charge in [0.05, 0.1) is 22.2 Å². The predicted octanol–water partition coefficient (Wildman–Crippen LogP) is 3.07. The molecule has 0 aromatic carbocycles. The van der Waals surface area contributed by atoms with E-state index in [1.807, 2.05) is 27.5 Å². The summed E-state index contributed by atoms with van der Waals surface area (Å²) in [5, 5.41) is 5.63. The summed E-state index contributed by atoms with van der Waals surface area (Å²) in [6.07, 6.45) is 4.31. The van der Waals surface area contributed by atoms with E-state index in [0.29, 0.717) is 32.1 Å². The Morgan fingerprint density at radius 2 is 1.63 bits per heavy atom. The summed E-state index contributed by atoms with van der Waals surface area (Å²) in [4.78, 5) is 34.7. The number of amides is 2. The largest absolute Gasteiger partial charge is 0.339 e. The van der Waals surface area contributed by atoms with Crippen LogP contribution in [-0.2, 0) is 10.3 Å². The quantitative estimate of drug-likeness (QED) is 0.781. The molecule has 0 atom stereocenters. The van der Waals surface area contributed by atoms with E-state index < -0.39 is 0 Å². The zero-order valence-corrected chi connectivity index (χ0v) is 18.4. The smallest absolute Gasteiger partial charge is 0.254 e. The van der Waals surface area contributed by atoms with Crippen LogP contribution in [0.2, 0.25) is 0 Å². The van der Waals surface area contributed by atoms with Crippen molar-refractivity contribution in [2.24, 2.45) is 5.92 Å². The highest BCUT2D eigenvalue weighted by Crippen LogP contribution is 2.41. The molecule has 7 heteroatoms. The van der Waals surface area contributed by atoms with Gasteiger partial charge >= 0.3 is 0 Å². The maximum absolute atomic E-state index is 13.6. The van der Waals surface area contributed by atoms with E-state index in [0.717, 1.165) is 53.7 Å². The van der Waals surface area contributed by atoms with Crippen LogP contribution in [0.3, 0.4) is 0 Å². The molecule has 160 valence electrons. The first kappa shape index (κ1) is 19.5. The van der Waals surface area contributed by atoms with Crippen molar-refractivity contribution in [3.05, 3.63) is 23.0 Å². The average Bonchev–Trinajstić information content (AvgIpc) is 3.62. The number of aryl methyl sites for hydroxylation is 1. The van der Waals surface area contributed by atoms with E-state index in [2.05, 4.69) is 20.8 Å². The van der Waals surface area contributed by atoms with E-state index in [1.54, 1.807) is 0 Å². The van der Waals surface area contributed by atoms with Crippen LogP contribution in [0, 0.1) is 12.8 Å². The van der Waals surface area contributed by atoms with Gasteiger partial charge < -0.3 is 9.80 Å². The molecular weight excluding hydrogens is 378 g/mol. The van der Waals surface area contributed by atoms with Gasteiger partial charge in [-0.25, -0.2) is 9.67 Å². The Balaban J connectivity index is 1.48. The minimum Gasteiger partial charge on any atom is -0.339 e. The van der Waals surface area contributed by atoms with Crippen LogP contribution in [0.4, 0.5) is 0 Å². The van der Waals surface area contributed by atoms with Crippen molar-refractivity contribution in [1.82, 2.24) is 24.6 Å². The number of rotatable bonds is 3. The van der Waals surface area contributed by atoms with Gasteiger partial charge in [-0.15, -0.1) is 0 Å². The number of hydrogen-bond acceptors (Lipinski definition) is 4. The van der Waals surface area contributed by atoms with Crippen molar-refractivity contribution in [3.63, 3.8) is 0 Å². The molecule has 5 rings (SSSR count). The standard InChI is InChI=1S/C23H31N5O2/c1-14-19-17(22(30)27-11-9-26(10-12-27)21(29)16-7-8-16)13-18(15-5-6-15)24-20(19)28(25-14)23(2,3)4/h13,15-16H,5-12H2,1-4H3. The molecule has 0 radical (unpaired) electrons. The van der Waals surface area contributed by atoms with Crippen LogP contribution in [0.1, 0.15) is 74.1 Å². The highest BCUT2D eigenvalue weighted by molar-refractivity contribution is 6.06. The van der Waals surface area contributed by atoms with E-state index in [4.69, 9.17) is 10.1 Å². The summed E-state index contributed by atoms with van der Waals surface area (Å²) < 4.78 is 1.96. The Bertz CT molecular complexity index is 1020. The summed E-state index contributed by atoms with van der Waals surface area (Å²) in [7, 11) is 0. The van der Waals surface area contributed by atoms with Crippen molar-refractivity contribution >= 4 is 22.8 Å². The van der Waals surface area contributed by atoms with Gasteiger partial charge in [0.15, 0.2) is 5.65 Å². The van der Waals surface area contributed by atoms with Crippen molar-refractivity contribution in [2.75, 3.05) is 26.2 Å². The fourth-order valence-corrected chi connectivity index (χ4v) is 4.42. The van der Waals surface area contributed by atoms with Crippen LogP contribution < -0.4 is 0 Å². The molecule has 2 aliphatic carbocycles. The molecule has 2 saturated carbocycles. The zero-order valence-electron chi connectivity index (χ0n) is 18.4. The van der Waals surface area contributed by atoms with Crippen LogP contribution in [-0.4, -0.2) is 62.6 Å². The second-order valence-corrected chi connectivity index (χ2v) is 10.1. The van der Waals surface area contributed by atoms with Gasteiger partial charge in [-0.05, 0) is 59.4 Å². The van der Waals surface area contributed by atoms with E-state index in [1.165, 1.54) is 0 Å². The predicted molar refractivity (Wildman–Crippen MR) is 114 cm³/mol. The number of carbonyl (C=O) groups is 2. The molecule has 3 aliphatic rings. The highest BCUT2D eigenvalue weighted by atomic mass is 16.2. The lowest BCUT2D eigenvalue weighted by atomic mass is 10.0. The zero-order chi connectivity index (χ0) is 21.2. The van der Waals surface area contributed by atoms with E-state index >= 15 is 0 Å². The molecule has 30 heavy (non-hydrogen) atoms. The summed E-state index contributed by atoms with van der Waals surface area (Å²) in [5.41, 5.74) is 3.18. The molecule has 2 aromatic heterocycles. The molecule has 0 spiro atoms. The van der Waals surface area contributed by atoms with Crippen molar-refractivity contribution in [1.29, 1.82) is 0 Å². The molecule has 7 nitrogen and oxygen atoms in total. The molecule has 3 heterocycles. The molecule has 1 saturated heterocycles. The molecule has 3 fully saturated rings. The van der Waals surface area contributed by atoms with Gasteiger partial charge in [-0.2, -0.15) is 5.10 Å². The number of aromatic nitrogens is 3. The van der Waals surface area contributed by atoms with Crippen LogP contribution in [0.15, 0.2) is 6.07 Å². The Morgan fingerprint density at radius 3 is 2.20 bits per heavy atom. The Kier molecular flexibility index (Phi) is 4.42. The molecule has 0 unspecified atom stereocenters. The van der Waals surface area contributed by atoms with Gasteiger partial charge in [0, 0.05) is 43.7 Å². The fourth-order valence-electron chi connectivity index (χ4n) is 4.42. The summed E-state index contributed by atoms with van der Waals surface area (Å²) in [5.74, 6) is 1.00. The first-order valence-corrected chi connectivity index (χ1v) is 11.2. The minimum atomic E-state index is -0.212. The Labute approximate surface area is 177 Å². The minimum absolute atomic E-state index is 0.0411. The van der Waals surface area contributed by atoms with Crippen molar-refractivity contribution in [3.8, 4) is 0 Å². The normalized spacial score (nSPS) is 20.1. The number of hydrogen-bond donors (Lipinski definition) is 0. The van der Waals surface area contributed by atoms with Gasteiger partial charge in [0.25, 0.3) is 5.91 Å². The highest BCUT2D eigenvalue weighted by Gasteiger charge is 2.36. The van der Waals surface area contributed by atoms with Gasteiger partial charge in [0.1, 0.15) is 0 Å². The number of pyridine rings is 1. The maximum atomic E-state index is 13.6. The summed E-state index contributed by atoms with van der Waals surface area (Å²) in [6.45, 7) is 10.7. The van der Waals surface area contributed by atoms with Crippen molar-refractivity contribution in [2.45, 2.75) is 64.8 Å². The SMILES string of the molecule is Cc1nn(C(C)(C)C)c2nc(C3CC3)cc(C(=O)N3CCN(C(=O)C4CC4)CC3)c12. The lowest BCUT2D eigenvalue weighted by molar-refractivity contribution is -0.134. The maximum Gasteiger partial charge on any atom is 0.254 e. The summed E-state index contributed by atoms with van der Waals surface area (Å²) >= 11 is 0. The molecule has 1 aliphatic heterocycles. The number of fused-ring (bicyclic) bond motifs is 1. The third-order valence-corrected chi connectivity index (χ3v) is 6.50. The molecule has 0 N–H and O–H groups in total. The first-order valence-electron chi connectivity index (χ1n) is 11.2. The second-order valence-electron chi connectivity index (χ2n) is 10.1. The lowest BCUT2D eigenvalue weighted by Crippen LogP contribution is -2.51. The molecule has 2 amide bonds. The number of piperazine rings is 1. The fraction of sp³-hybridized carbons (Fsp3) is 0.652. The van der Waals surface area contributed by atoms with Gasteiger partial charge in [-0.3, -0.25) is 9.59 Å².